The number of aliphatic hydroxyl groups is 2. The third-order valence-electron chi connectivity index (χ3n) is 14.9. The molecule has 0 rings (SSSR count). The summed E-state index contributed by atoms with van der Waals surface area (Å²) in [6.45, 7) is 4.89. The minimum atomic E-state index is -0.844. The number of carbonyl (C=O) groups is 2. The van der Waals surface area contributed by atoms with Gasteiger partial charge in [-0.3, -0.25) is 9.59 Å². The lowest BCUT2D eigenvalue weighted by atomic mass is 10.0. The molecule has 424 valence electrons. The van der Waals surface area contributed by atoms with Gasteiger partial charge >= 0.3 is 5.97 Å². The van der Waals surface area contributed by atoms with Crippen molar-refractivity contribution in [1.29, 1.82) is 0 Å². The van der Waals surface area contributed by atoms with Gasteiger partial charge in [-0.15, -0.1) is 0 Å². The van der Waals surface area contributed by atoms with Crippen LogP contribution in [0, 0.1) is 0 Å². The molecule has 1 amide bonds. The average Bonchev–Trinajstić information content (AvgIpc) is 3.38. The number of hydrogen-bond acceptors (Lipinski definition) is 5. The zero-order valence-electron chi connectivity index (χ0n) is 48.4. The minimum Gasteiger partial charge on any atom is -0.466 e. The molecule has 0 spiro atoms. The van der Waals surface area contributed by atoms with Gasteiger partial charge in [-0.05, 0) is 64.2 Å². The van der Waals surface area contributed by atoms with E-state index in [2.05, 4.69) is 43.5 Å². The number of ether oxygens (including phenoxy) is 1. The fraction of sp³-hybridized carbons (Fsp3) is 0.879. The van der Waals surface area contributed by atoms with Crippen LogP contribution in [0.25, 0.3) is 0 Å². The molecule has 0 radical (unpaired) electrons. The molecule has 0 aromatic rings. The Hall–Kier alpha value is -1.92. The normalized spacial score (nSPS) is 12.8. The van der Waals surface area contributed by atoms with E-state index in [1.54, 1.807) is 6.08 Å². The summed E-state index contributed by atoms with van der Waals surface area (Å²) in [5, 5.41) is 23.2. The summed E-state index contributed by atoms with van der Waals surface area (Å²) in [5.41, 5.74) is 0. The molecular weight excluding hydrogens is 887 g/mol. The van der Waals surface area contributed by atoms with Crippen LogP contribution >= 0.6 is 0 Å². The number of unbranched alkanes of at least 4 members (excludes halogenated alkanes) is 45. The third-order valence-corrected chi connectivity index (χ3v) is 14.9. The van der Waals surface area contributed by atoms with Crippen LogP contribution in [0.5, 0.6) is 0 Å². The molecule has 0 aliphatic heterocycles. The van der Waals surface area contributed by atoms with Gasteiger partial charge in [0.25, 0.3) is 0 Å². The zero-order chi connectivity index (χ0) is 52.2. The standard InChI is InChI=1S/C66H125NO5/c1-3-5-7-9-11-13-15-17-19-31-34-38-42-46-50-54-58-64(69)63(62-68)67-65(70)59-55-51-47-43-39-35-32-28-26-24-22-20-21-23-25-27-29-33-37-41-45-49-53-57-61-72-66(71)60-56-52-48-44-40-36-30-18-16-14-12-10-8-6-4-2/h12,14,18,30,54,58,63-64,68-69H,3-11,13,15-17,19-29,31-53,55-57,59-62H2,1-2H3,(H,67,70)/b14-12-,30-18-,58-54+/t63-,64+/m0/s1. The third kappa shape index (κ3) is 57.4. The number of nitrogens with one attached hydrogen (secondary N) is 1. The lowest BCUT2D eigenvalue weighted by Crippen LogP contribution is -2.45. The van der Waals surface area contributed by atoms with Crippen LogP contribution in [0.15, 0.2) is 36.5 Å². The van der Waals surface area contributed by atoms with Crippen molar-refractivity contribution in [2.45, 2.75) is 360 Å². The molecule has 0 aromatic carbocycles. The second-order valence-electron chi connectivity index (χ2n) is 22.1. The number of rotatable bonds is 60. The van der Waals surface area contributed by atoms with Gasteiger partial charge in [0.1, 0.15) is 0 Å². The van der Waals surface area contributed by atoms with Crippen molar-refractivity contribution >= 4 is 11.9 Å². The Bertz CT molecular complexity index is 1170. The fourth-order valence-electron chi connectivity index (χ4n) is 9.96. The topological polar surface area (TPSA) is 95.9 Å². The van der Waals surface area contributed by atoms with Crippen molar-refractivity contribution in [3.63, 3.8) is 0 Å². The molecule has 0 fully saturated rings. The number of esters is 1. The highest BCUT2D eigenvalue weighted by Crippen LogP contribution is 2.18. The predicted octanol–water partition coefficient (Wildman–Crippen LogP) is 20.4. The van der Waals surface area contributed by atoms with Crippen LogP contribution in [-0.2, 0) is 14.3 Å². The largest absolute Gasteiger partial charge is 0.466 e. The van der Waals surface area contributed by atoms with Gasteiger partial charge in [0, 0.05) is 12.8 Å². The first-order valence-corrected chi connectivity index (χ1v) is 32.3. The van der Waals surface area contributed by atoms with Crippen molar-refractivity contribution in [3.8, 4) is 0 Å². The Morgan fingerprint density at radius 2 is 0.694 bits per heavy atom. The van der Waals surface area contributed by atoms with Crippen molar-refractivity contribution in [2.75, 3.05) is 13.2 Å². The summed E-state index contributed by atoms with van der Waals surface area (Å²) >= 11 is 0. The average molecular weight is 1010 g/mol. The second-order valence-corrected chi connectivity index (χ2v) is 22.1. The summed E-state index contributed by atoms with van der Waals surface area (Å²) in [6.07, 6.45) is 77.6. The smallest absolute Gasteiger partial charge is 0.305 e. The molecule has 3 N–H and O–H groups in total. The molecule has 0 aliphatic carbocycles. The van der Waals surface area contributed by atoms with Crippen molar-refractivity contribution in [3.05, 3.63) is 36.5 Å². The Kier molecular flexibility index (Phi) is 60.0. The van der Waals surface area contributed by atoms with E-state index in [4.69, 9.17) is 4.74 Å². The van der Waals surface area contributed by atoms with E-state index < -0.39 is 12.1 Å². The molecule has 6 nitrogen and oxygen atoms in total. The number of allylic oxidation sites excluding steroid dienone is 5. The molecule has 0 unspecified atom stereocenters. The van der Waals surface area contributed by atoms with Crippen LogP contribution in [0.1, 0.15) is 348 Å². The summed E-state index contributed by atoms with van der Waals surface area (Å²) in [4.78, 5) is 24.5. The van der Waals surface area contributed by atoms with Gasteiger partial charge in [0.05, 0.1) is 25.4 Å². The maximum atomic E-state index is 12.5. The first-order valence-electron chi connectivity index (χ1n) is 32.3. The van der Waals surface area contributed by atoms with Crippen LogP contribution < -0.4 is 5.32 Å². The highest BCUT2D eigenvalue weighted by Gasteiger charge is 2.18. The van der Waals surface area contributed by atoms with E-state index >= 15 is 0 Å². The van der Waals surface area contributed by atoms with Gasteiger partial charge in [-0.2, -0.15) is 0 Å². The van der Waals surface area contributed by atoms with Crippen LogP contribution in [0.2, 0.25) is 0 Å². The van der Waals surface area contributed by atoms with E-state index in [1.807, 2.05) is 6.08 Å². The quantitative estimate of drug-likeness (QED) is 0.0320. The van der Waals surface area contributed by atoms with Crippen LogP contribution in [-0.4, -0.2) is 47.4 Å². The van der Waals surface area contributed by atoms with Gasteiger partial charge in [0.2, 0.25) is 5.91 Å². The lowest BCUT2D eigenvalue weighted by molar-refractivity contribution is -0.143. The molecule has 6 heteroatoms. The number of carbonyl (C=O) groups excluding carboxylic acids is 2. The van der Waals surface area contributed by atoms with Gasteiger partial charge in [0.15, 0.2) is 0 Å². The highest BCUT2D eigenvalue weighted by molar-refractivity contribution is 5.76. The Morgan fingerprint density at radius 1 is 0.389 bits per heavy atom. The van der Waals surface area contributed by atoms with Crippen molar-refractivity contribution in [2.24, 2.45) is 0 Å². The molecule has 0 aliphatic rings. The van der Waals surface area contributed by atoms with E-state index in [9.17, 15) is 19.8 Å². The summed E-state index contributed by atoms with van der Waals surface area (Å²) in [6, 6.07) is -0.627. The van der Waals surface area contributed by atoms with Gasteiger partial charge < -0.3 is 20.3 Å². The SMILES string of the molecule is CCCCC/C=C\C/C=C\CCCCCCCC(=O)OCCCCCCCCCCCCCCCCCCCCCCCCCCC(=O)N[C@@H](CO)[C@H](O)/C=C/CCCCCCCCCCCCCCCC. The summed E-state index contributed by atoms with van der Waals surface area (Å²) in [7, 11) is 0. The number of hydrogen-bond donors (Lipinski definition) is 3. The molecule has 0 saturated carbocycles. The number of aliphatic hydroxyl groups excluding tert-OH is 2. The first kappa shape index (κ1) is 70.1. The van der Waals surface area contributed by atoms with Gasteiger partial charge in [-0.1, -0.05) is 307 Å². The minimum absolute atomic E-state index is 0.00107. The molecule has 0 aromatic heterocycles. The van der Waals surface area contributed by atoms with E-state index in [-0.39, 0.29) is 18.5 Å². The molecular formula is C66H125NO5. The second kappa shape index (κ2) is 61.6. The van der Waals surface area contributed by atoms with Crippen molar-refractivity contribution in [1.82, 2.24) is 5.32 Å². The summed E-state index contributed by atoms with van der Waals surface area (Å²) in [5.74, 6) is -0.0641. The fourth-order valence-corrected chi connectivity index (χ4v) is 9.96. The van der Waals surface area contributed by atoms with E-state index in [1.165, 1.54) is 270 Å². The van der Waals surface area contributed by atoms with Crippen molar-refractivity contribution < 1.29 is 24.5 Å². The van der Waals surface area contributed by atoms with E-state index in [0.717, 1.165) is 51.4 Å². The lowest BCUT2D eigenvalue weighted by Gasteiger charge is -2.20. The predicted molar refractivity (Wildman–Crippen MR) is 315 cm³/mol. The maximum Gasteiger partial charge on any atom is 0.305 e. The first-order chi connectivity index (χ1) is 35.5. The Balaban J connectivity index is 3.39. The van der Waals surface area contributed by atoms with Crippen LogP contribution in [0.3, 0.4) is 0 Å². The monoisotopic (exact) mass is 1010 g/mol. The van der Waals surface area contributed by atoms with Gasteiger partial charge in [-0.25, -0.2) is 0 Å². The molecule has 0 bridgehead atoms. The molecule has 0 heterocycles. The highest BCUT2D eigenvalue weighted by atomic mass is 16.5. The molecule has 72 heavy (non-hydrogen) atoms. The Labute approximate surface area is 449 Å². The van der Waals surface area contributed by atoms with Crippen LogP contribution in [0.4, 0.5) is 0 Å². The number of amides is 1. The zero-order valence-corrected chi connectivity index (χ0v) is 48.4. The Morgan fingerprint density at radius 3 is 1.08 bits per heavy atom. The molecule has 2 atom stereocenters. The maximum absolute atomic E-state index is 12.5. The van der Waals surface area contributed by atoms with E-state index in [0.29, 0.717) is 19.4 Å². The summed E-state index contributed by atoms with van der Waals surface area (Å²) < 4.78 is 5.48. The molecule has 0 saturated heterocycles.